The summed E-state index contributed by atoms with van der Waals surface area (Å²) in [6, 6.07) is 13.1. The van der Waals surface area contributed by atoms with Crippen molar-refractivity contribution in [3.63, 3.8) is 0 Å². The Morgan fingerprint density at radius 2 is 2.05 bits per heavy atom. The third-order valence-corrected chi connectivity index (χ3v) is 3.79. The van der Waals surface area contributed by atoms with Crippen molar-refractivity contribution in [1.82, 2.24) is 10.4 Å². The molecule has 0 fully saturated rings. The number of hydrogen-bond donors (Lipinski definition) is 1. The van der Waals surface area contributed by atoms with Crippen LogP contribution in [0.5, 0.6) is 5.75 Å². The van der Waals surface area contributed by atoms with Crippen molar-refractivity contribution in [2.75, 3.05) is 12.9 Å². The van der Waals surface area contributed by atoms with Crippen molar-refractivity contribution in [3.8, 4) is 5.75 Å². The number of rotatable bonds is 6. The number of amides is 1. The number of methoxy groups -OCH3 is 1. The fraction of sp³-hybridized carbons (Fsp3) is 0.188. The second-order valence-electron chi connectivity index (χ2n) is 4.42. The molecule has 2 rings (SSSR count). The molecule has 1 aromatic heterocycles. The molecule has 22 heavy (non-hydrogen) atoms. The van der Waals surface area contributed by atoms with Gasteiger partial charge in [0.15, 0.2) is 0 Å². The maximum absolute atomic E-state index is 11.8. The molecule has 0 aliphatic rings. The van der Waals surface area contributed by atoms with Crippen molar-refractivity contribution in [2.45, 2.75) is 11.9 Å². The Morgan fingerprint density at radius 3 is 2.68 bits per heavy atom. The van der Waals surface area contributed by atoms with Crippen LogP contribution in [0.25, 0.3) is 0 Å². The molecule has 1 amide bonds. The molecule has 2 aromatic rings. The number of ether oxygens (including phenoxy) is 1. The van der Waals surface area contributed by atoms with Crippen LogP contribution in [-0.2, 0) is 4.79 Å². The van der Waals surface area contributed by atoms with Crippen molar-refractivity contribution in [3.05, 3.63) is 54.2 Å². The van der Waals surface area contributed by atoms with Crippen LogP contribution in [0.3, 0.4) is 0 Å². The number of pyridine rings is 1. The normalized spacial score (nSPS) is 11.1. The highest BCUT2D eigenvalue weighted by molar-refractivity contribution is 7.99. The van der Waals surface area contributed by atoms with Crippen LogP contribution in [-0.4, -0.2) is 29.5 Å². The molecule has 0 atom stereocenters. The Bertz CT molecular complexity index is 642. The fourth-order valence-corrected chi connectivity index (χ4v) is 2.30. The molecule has 0 aliphatic carbocycles. The maximum Gasteiger partial charge on any atom is 0.250 e. The van der Waals surface area contributed by atoms with E-state index in [-0.39, 0.29) is 11.7 Å². The minimum atomic E-state index is -0.163. The molecule has 114 valence electrons. The van der Waals surface area contributed by atoms with Gasteiger partial charge in [0.1, 0.15) is 5.75 Å². The summed E-state index contributed by atoms with van der Waals surface area (Å²) in [5.74, 6) is 0.895. The van der Waals surface area contributed by atoms with Crippen molar-refractivity contribution in [1.29, 1.82) is 0 Å². The molecular formula is C16H17N3O2S. The zero-order valence-corrected chi connectivity index (χ0v) is 13.3. The van der Waals surface area contributed by atoms with Crippen LogP contribution < -0.4 is 10.2 Å². The monoisotopic (exact) mass is 315 g/mol. The lowest BCUT2D eigenvalue weighted by atomic mass is 10.1. The van der Waals surface area contributed by atoms with E-state index in [1.165, 1.54) is 11.8 Å². The third-order valence-electron chi connectivity index (χ3n) is 2.85. The number of carbonyl (C=O) groups is 1. The van der Waals surface area contributed by atoms with Crippen molar-refractivity contribution < 1.29 is 9.53 Å². The molecular weight excluding hydrogens is 298 g/mol. The minimum absolute atomic E-state index is 0.163. The smallest absolute Gasteiger partial charge is 0.250 e. The van der Waals surface area contributed by atoms with Gasteiger partial charge in [-0.05, 0) is 48.9 Å². The van der Waals surface area contributed by atoms with Crippen LogP contribution in [0.1, 0.15) is 12.5 Å². The third kappa shape index (κ3) is 4.89. The summed E-state index contributed by atoms with van der Waals surface area (Å²) >= 11 is 1.37. The van der Waals surface area contributed by atoms with Crippen molar-refractivity contribution in [2.24, 2.45) is 5.10 Å². The number of thioether (sulfide) groups is 1. The SMILES string of the molecule is COc1ccc(/C(C)=N/NC(=O)CSc2ccccn2)cc1. The molecule has 0 unspecified atom stereocenters. The van der Waals surface area contributed by atoms with Gasteiger partial charge in [0.2, 0.25) is 5.91 Å². The second kappa shape index (κ2) is 8.19. The maximum atomic E-state index is 11.8. The minimum Gasteiger partial charge on any atom is -0.497 e. The van der Waals surface area contributed by atoms with Gasteiger partial charge in [0.25, 0.3) is 0 Å². The summed E-state index contributed by atoms with van der Waals surface area (Å²) in [5.41, 5.74) is 4.21. The first kappa shape index (κ1) is 16.0. The van der Waals surface area contributed by atoms with Crippen molar-refractivity contribution >= 4 is 23.4 Å². The fourth-order valence-electron chi connectivity index (χ4n) is 1.65. The van der Waals surface area contributed by atoms with Crippen LogP contribution >= 0.6 is 11.8 Å². The predicted octanol–water partition coefficient (Wildman–Crippen LogP) is 2.72. The van der Waals surface area contributed by atoms with Gasteiger partial charge >= 0.3 is 0 Å². The van der Waals surface area contributed by atoms with Crippen LogP contribution in [0, 0.1) is 0 Å². The number of hydrogen-bond acceptors (Lipinski definition) is 5. The number of hydrazone groups is 1. The average Bonchev–Trinajstić information content (AvgIpc) is 2.58. The first-order valence-corrected chi connectivity index (χ1v) is 7.69. The Hall–Kier alpha value is -2.34. The van der Waals surface area contributed by atoms with Gasteiger partial charge in [-0.25, -0.2) is 10.4 Å². The zero-order valence-electron chi connectivity index (χ0n) is 12.4. The van der Waals surface area contributed by atoms with Gasteiger partial charge in [0.05, 0.1) is 23.6 Å². The summed E-state index contributed by atoms with van der Waals surface area (Å²) in [6.07, 6.45) is 1.70. The highest BCUT2D eigenvalue weighted by atomic mass is 32.2. The second-order valence-corrected chi connectivity index (χ2v) is 5.41. The number of carbonyl (C=O) groups excluding carboxylic acids is 1. The number of aromatic nitrogens is 1. The van der Waals surface area contributed by atoms with Gasteiger partial charge in [0, 0.05) is 6.20 Å². The first-order chi connectivity index (χ1) is 10.7. The summed E-state index contributed by atoms with van der Waals surface area (Å²) in [4.78, 5) is 15.9. The van der Waals surface area contributed by atoms with Gasteiger partial charge in [-0.15, -0.1) is 0 Å². The zero-order chi connectivity index (χ0) is 15.8. The van der Waals surface area contributed by atoms with Gasteiger partial charge in [-0.2, -0.15) is 5.10 Å². The van der Waals surface area contributed by atoms with Gasteiger partial charge in [-0.3, -0.25) is 4.79 Å². The molecule has 0 spiro atoms. The van der Waals surface area contributed by atoms with E-state index in [0.29, 0.717) is 0 Å². The van der Waals surface area contributed by atoms with Crippen LogP contribution in [0.4, 0.5) is 0 Å². The van der Waals surface area contributed by atoms with E-state index in [4.69, 9.17) is 4.74 Å². The van der Waals surface area contributed by atoms with Gasteiger partial charge in [-0.1, -0.05) is 17.8 Å². The predicted molar refractivity (Wildman–Crippen MR) is 88.3 cm³/mol. The highest BCUT2D eigenvalue weighted by Gasteiger charge is 2.03. The molecule has 0 saturated heterocycles. The Kier molecular flexibility index (Phi) is 5.97. The number of nitrogens with one attached hydrogen (secondary N) is 1. The lowest BCUT2D eigenvalue weighted by Crippen LogP contribution is -2.21. The lowest BCUT2D eigenvalue weighted by Gasteiger charge is -2.04. The summed E-state index contributed by atoms with van der Waals surface area (Å²) in [5, 5.41) is 4.92. The standard InChI is InChI=1S/C16H17N3O2S/c1-12(13-6-8-14(21-2)9-7-13)18-19-15(20)11-22-16-5-3-4-10-17-16/h3-10H,11H2,1-2H3,(H,19,20)/b18-12+. The lowest BCUT2D eigenvalue weighted by molar-refractivity contribution is -0.118. The average molecular weight is 315 g/mol. The first-order valence-electron chi connectivity index (χ1n) is 6.70. The van der Waals surface area contributed by atoms with E-state index >= 15 is 0 Å². The molecule has 1 aromatic carbocycles. The van der Waals surface area contributed by atoms with E-state index in [1.807, 2.05) is 49.4 Å². The molecule has 1 heterocycles. The van der Waals surface area contributed by atoms with Crippen LogP contribution in [0.2, 0.25) is 0 Å². The molecule has 0 saturated carbocycles. The van der Waals surface area contributed by atoms with Crippen LogP contribution in [0.15, 0.2) is 58.8 Å². The Morgan fingerprint density at radius 1 is 1.27 bits per heavy atom. The summed E-state index contributed by atoms with van der Waals surface area (Å²) < 4.78 is 5.10. The van der Waals surface area contributed by atoms with E-state index < -0.39 is 0 Å². The molecule has 1 N–H and O–H groups in total. The molecule has 5 nitrogen and oxygen atoms in total. The number of nitrogens with zero attached hydrogens (tertiary/aromatic N) is 2. The Labute approximate surface area is 133 Å². The van der Waals surface area contributed by atoms with E-state index in [1.54, 1.807) is 13.3 Å². The van der Waals surface area contributed by atoms with Gasteiger partial charge < -0.3 is 4.74 Å². The van der Waals surface area contributed by atoms with E-state index in [0.717, 1.165) is 22.1 Å². The molecule has 0 radical (unpaired) electrons. The topological polar surface area (TPSA) is 63.6 Å². The molecule has 6 heteroatoms. The highest BCUT2D eigenvalue weighted by Crippen LogP contribution is 2.13. The quantitative estimate of drug-likeness (QED) is 0.506. The summed E-state index contributed by atoms with van der Waals surface area (Å²) in [7, 11) is 1.62. The van der Waals surface area contributed by atoms with E-state index in [9.17, 15) is 4.79 Å². The number of benzene rings is 1. The molecule has 0 bridgehead atoms. The summed E-state index contributed by atoms with van der Waals surface area (Å²) in [6.45, 7) is 1.84. The Balaban J connectivity index is 1.85. The molecule has 0 aliphatic heterocycles. The largest absolute Gasteiger partial charge is 0.497 e. The van der Waals surface area contributed by atoms with E-state index in [2.05, 4.69) is 15.5 Å².